The molecule has 0 aliphatic heterocycles. The van der Waals surface area contributed by atoms with Crippen molar-refractivity contribution in [3.05, 3.63) is 133 Å². The molecule has 0 N–H and O–H groups in total. The van der Waals surface area contributed by atoms with Gasteiger partial charge in [-0.1, -0.05) is 90.1 Å². The predicted octanol–water partition coefficient (Wildman–Crippen LogP) is 6.33. The second kappa shape index (κ2) is 9.10. The molecule has 0 aliphatic carbocycles. The molecule has 0 saturated heterocycles. The van der Waals surface area contributed by atoms with Gasteiger partial charge in [0.25, 0.3) is 5.89 Å². The van der Waals surface area contributed by atoms with E-state index >= 15 is 0 Å². The third-order valence-electron chi connectivity index (χ3n) is 4.91. The van der Waals surface area contributed by atoms with Crippen molar-refractivity contribution in [1.29, 1.82) is 0 Å². The van der Waals surface area contributed by atoms with Crippen LogP contribution < -0.4 is 5.01 Å². The van der Waals surface area contributed by atoms with Gasteiger partial charge in [-0.2, -0.15) is 10.1 Å². The summed E-state index contributed by atoms with van der Waals surface area (Å²) in [6.45, 7) is 0. The molecule has 0 bridgehead atoms. The van der Waals surface area contributed by atoms with Crippen molar-refractivity contribution >= 4 is 17.1 Å². The zero-order valence-corrected chi connectivity index (χ0v) is 17.2. The lowest BCUT2D eigenvalue weighted by Crippen LogP contribution is -2.16. The van der Waals surface area contributed by atoms with Crippen LogP contribution in [0.25, 0.3) is 11.5 Å². The van der Waals surface area contributed by atoms with Gasteiger partial charge < -0.3 is 4.52 Å². The molecule has 0 unspecified atom stereocenters. The van der Waals surface area contributed by atoms with Gasteiger partial charge in [0.05, 0.1) is 11.4 Å². The first-order chi connectivity index (χ1) is 15.9. The van der Waals surface area contributed by atoms with E-state index in [0.717, 1.165) is 22.5 Å². The van der Waals surface area contributed by atoms with Crippen LogP contribution in [0.15, 0.2) is 131 Å². The average molecular weight is 416 g/mol. The Hall–Kier alpha value is -4.51. The smallest absolute Gasteiger partial charge is 0.258 e. The number of benzene rings is 4. The molecule has 0 fully saturated rings. The Balaban J connectivity index is 1.66. The zero-order chi connectivity index (χ0) is 21.6. The van der Waals surface area contributed by atoms with Crippen LogP contribution in [0.5, 0.6) is 0 Å². The second-order valence-electron chi connectivity index (χ2n) is 7.09. The van der Waals surface area contributed by atoms with E-state index < -0.39 is 0 Å². The molecule has 0 atom stereocenters. The molecular formula is C27H20N4O. The third-order valence-corrected chi connectivity index (χ3v) is 4.91. The number of anilines is 2. The van der Waals surface area contributed by atoms with Gasteiger partial charge >= 0.3 is 0 Å². The number of rotatable bonds is 6. The van der Waals surface area contributed by atoms with Crippen LogP contribution in [-0.4, -0.2) is 15.9 Å². The first-order valence-corrected chi connectivity index (χ1v) is 10.3. The van der Waals surface area contributed by atoms with E-state index in [0.29, 0.717) is 17.4 Å². The summed E-state index contributed by atoms with van der Waals surface area (Å²) in [4.78, 5) is 4.66. The van der Waals surface area contributed by atoms with Crippen LogP contribution in [0.1, 0.15) is 11.4 Å². The lowest BCUT2D eigenvalue weighted by atomic mass is 10.1. The summed E-state index contributed by atoms with van der Waals surface area (Å²) >= 11 is 0. The minimum absolute atomic E-state index is 0.423. The van der Waals surface area contributed by atoms with Gasteiger partial charge in [0.1, 0.15) is 5.71 Å². The number of hydrazone groups is 1. The van der Waals surface area contributed by atoms with E-state index in [4.69, 9.17) is 9.62 Å². The first kappa shape index (κ1) is 19.5. The molecule has 0 radical (unpaired) electrons. The maximum absolute atomic E-state index is 5.59. The Morgan fingerprint density at radius 2 is 1.12 bits per heavy atom. The highest BCUT2D eigenvalue weighted by atomic mass is 16.5. The average Bonchev–Trinajstić information content (AvgIpc) is 3.37. The predicted molar refractivity (Wildman–Crippen MR) is 127 cm³/mol. The molecule has 1 aromatic heterocycles. The molecule has 32 heavy (non-hydrogen) atoms. The zero-order valence-electron chi connectivity index (χ0n) is 17.2. The molecule has 5 heteroatoms. The van der Waals surface area contributed by atoms with Crippen LogP contribution in [0.3, 0.4) is 0 Å². The van der Waals surface area contributed by atoms with Gasteiger partial charge in [-0.25, -0.2) is 5.01 Å². The lowest BCUT2D eigenvalue weighted by molar-refractivity contribution is 0.429. The van der Waals surface area contributed by atoms with Gasteiger partial charge in [0.2, 0.25) is 5.82 Å². The van der Waals surface area contributed by atoms with Gasteiger partial charge in [-0.05, 0) is 36.4 Å². The third kappa shape index (κ3) is 4.18. The highest BCUT2D eigenvalue weighted by molar-refractivity contribution is 6.11. The fourth-order valence-electron chi connectivity index (χ4n) is 3.35. The highest BCUT2D eigenvalue weighted by Crippen LogP contribution is 2.27. The minimum atomic E-state index is 0.423. The fourth-order valence-corrected chi connectivity index (χ4v) is 3.35. The Morgan fingerprint density at radius 1 is 0.625 bits per heavy atom. The largest absolute Gasteiger partial charge is 0.334 e. The van der Waals surface area contributed by atoms with Crippen LogP contribution in [-0.2, 0) is 0 Å². The molecule has 5 aromatic rings. The van der Waals surface area contributed by atoms with Crippen molar-refractivity contribution in [3.8, 4) is 11.5 Å². The van der Waals surface area contributed by atoms with E-state index in [1.807, 2.05) is 126 Å². The first-order valence-electron chi connectivity index (χ1n) is 10.3. The van der Waals surface area contributed by atoms with Crippen molar-refractivity contribution in [3.63, 3.8) is 0 Å². The monoisotopic (exact) mass is 416 g/mol. The molecule has 4 aromatic carbocycles. The number of hydrogen-bond donors (Lipinski definition) is 0. The molecule has 154 valence electrons. The Labute approximate surface area is 186 Å². The number of aromatic nitrogens is 2. The van der Waals surface area contributed by atoms with Crippen molar-refractivity contribution in [1.82, 2.24) is 10.1 Å². The molecule has 0 amide bonds. The highest BCUT2D eigenvalue weighted by Gasteiger charge is 2.19. The normalized spacial score (nSPS) is 11.3. The molecule has 1 heterocycles. The van der Waals surface area contributed by atoms with E-state index in [-0.39, 0.29) is 0 Å². The van der Waals surface area contributed by atoms with Crippen molar-refractivity contribution in [2.75, 3.05) is 5.01 Å². The van der Waals surface area contributed by atoms with Gasteiger partial charge in [0.15, 0.2) is 0 Å². The Bertz CT molecular complexity index is 1260. The van der Waals surface area contributed by atoms with Crippen LogP contribution in [0.2, 0.25) is 0 Å². The summed E-state index contributed by atoms with van der Waals surface area (Å²) in [6.07, 6.45) is 0. The van der Waals surface area contributed by atoms with Crippen LogP contribution in [0, 0.1) is 0 Å². The van der Waals surface area contributed by atoms with E-state index in [9.17, 15) is 0 Å². The standard InChI is InChI=1S/C27H20N4O/c1-5-13-21(14-6-1)25(26-28-27(32-30-26)22-15-7-2-8-16-22)29-31(23-17-9-3-10-18-23)24-19-11-4-12-20-24/h1-20H/b29-25-. The molecule has 5 nitrogen and oxygen atoms in total. The van der Waals surface area contributed by atoms with Crippen LogP contribution in [0.4, 0.5) is 11.4 Å². The Morgan fingerprint density at radius 3 is 1.69 bits per heavy atom. The molecular weight excluding hydrogens is 396 g/mol. The molecule has 0 saturated carbocycles. The minimum Gasteiger partial charge on any atom is -0.334 e. The van der Waals surface area contributed by atoms with Gasteiger partial charge in [-0.15, -0.1) is 0 Å². The lowest BCUT2D eigenvalue weighted by Gasteiger charge is -2.20. The van der Waals surface area contributed by atoms with Gasteiger partial charge in [-0.3, -0.25) is 0 Å². The quantitative estimate of drug-likeness (QED) is 0.240. The van der Waals surface area contributed by atoms with E-state index in [1.54, 1.807) is 0 Å². The van der Waals surface area contributed by atoms with E-state index in [2.05, 4.69) is 10.1 Å². The number of hydrogen-bond acceptors (Lipinski definition) is 5. The summed E-state index contributed by atoms with van der Waals surface area (Å²) in [5, 5.41) is 11.2. The fraction of sp³-hybridized carbons (Fsp3) is 0. The number of para-hydroxylation sites is 2. The summed E-state index contributed by atoms with van der Waals surface area (Å²) in [5.74, 6) is 0.877. The maximum Gasteiger partial charge on any atom is 0.258 e. The van der Waals surface area contributed by atoms with E-state index in [1.165, 1.54) is 0 Å². The molecule has 0 spiro atoms. The summed E-state index contributed by atoms with van der Waals surface area (Å²) < 4.78 is 5.59. The second-order valence-corrected chi connectivity index (χ2v) is 7.09. The molecule has 5 rings (SSSR count). The SMILES string of the molecule is c1ccc(/C(=N/N(c2ccccc2)c2ccccc2)c2noc(-c3ccccc3)n2)cc1. The van der Waals surface area contributed by atoms with Crippen molar-refractivity contribution < 1.29 is 4.52 Å². The summed E-state index contributed by atoms with van der Waals surface area (Å²) in [5.41, 5.74) is 4.23. The molecule has 0 aliphatic rings. The summed E-state index contributed by atoms with van der Waals surface area (Å²) in [7, 11) is 0. The topological polar surface area (TPSA) is 54.5 Å². The van der Waals surface area contributed by atoms with Crippen molar-refractivity contribution in [2.45, 2.75) is 0 Å². The summed E-state index contributed by atoms with van der Waals surface area (Å²) in [6, 6.07) is 39.6. The van der Waals surface area contributed by atoms with Crippen LogP contribution >= 0.6 is 0 Å². The Kier molecular flexibility index (Phi) is 5.53. The van der Waals surface area contributed by atoms with Crippen molar-refractivity contribution in [2.24, 2.45) is 5.10 Å². The number of nitrogens with zero attached hydrogens (tertiary/aromatic N) is 4. The maximum atomic E-state index is 5.59. The van der Waals surface area contributed by atoms with Gasteiger partial charge in [0, 0.05) is 11.1 Å².